The van der Waals surface area contributed by atoms with Crippen molar-refractivity contribution in [1.29, 1.82) is 0 Å². The standard InChI is InChI=1S/C13H12Cl2N2O2S3/c14-8-2-1-3-9(15)12(8)21-6-10(18)16-4-5-17-11(19)7-22-13(17)20/h1-3H,4-7H2,(H,16,18). The maximum absolute atomic E-state index is 11.8. The number of nitrogens with zero attached hydrogens (tertiary/aromatic N) is 1. The van der Waals surface area contributed by atoms with Crippen LogP contribution in [0.5, 0.6) is 0 Å². The summed E-state index contributed by atoms with van der Waals surface area (Å²) in [5.74, 6) is 0.428. The molecule has 1 aliphatic heterocycles. The van der Waals surface area contributed by atoms with E-state index in [0.717, 1.165) is 0 Å². The Morgan fingerprint density at radius 1 is 1.41 bits per heavy atom. The second-order valence-electron chi connectivity index (χ2n) is 4.29. The quantitative estimate of drug-likeness (QED) is 0.593. The van der Waals surface area contributed by atoms with Gasteiger partial charge in [-0.2, -0.15) is 0 Å². The van der Waals surface area contributed by atoms with Crippen molar-refractivity contribution in [3.05, 3.63) is 28.2 Å². The molecule has 2 rings (SSSR count). The van der Waals surface area contributed by atoms with E-state index in [4.69, 9.17) is 35.4 Å². The Labute approximate surface area is 152 Å². The molecule has 9 heteroatoms. The summed E-state index contributed by atoms with van der Waals surface area (Å²) in [5, 5.41) is 3.80. The molecule has 1 aliphatic rings. The largest absolute Gasteiger partial charge is 0.354 e. The molecule has 1 aromatic carbocycles. The van der Waals surface area contributed by atoms with Crippen LogP contribution in [0.4, 0.5) is 0 Å². The average Bonchev–Trinajstić information content (AvgIpc) is 2.78. The molecular weight excluding hydrogens is 383 g/mol. The number of benzene rings is 1. The van der Waals surface area contributed by atoms with E-state index in [9.17, 15) is 9.59 Å². The van der Waals surface area contributed by atoms with Gasteiger partial charge in [-0.1, -0.05) is 53.2 Å². The predicted octanol–water partition coefficient (Wildman–Crippen LogP) is 3.06. The van der Waals surface area contributed by atoms with Crippen LogP contribution in [0.1, 0.15) is 0 Å². The Morgan fingerprint density at radius 2 is 2.09 bits per heavy atom. The van der Waals surface area contributed by atoms with Gasteiger partial charge in [-0.15, -0.1) is 11.8 Å². The maximum Gasteiger partial charge on any atom is 0.238 e. The van der Waals surface area contributed by atoms with Gasteiger partial charge in [0.05, 0.1) is 21.6 Å². The van der Waals surface area contributed by atoms with E-state index in [0.29, 0.717) is 38.1 Å². The van der Waals surface area contributed by atoms with Crippen LogP contribution in [0.3, 0.4) is 0 Å². The summed E-state index contributed by atoms with van der Waals surface area (Å²) in [7, 11) is 0. The minimum atomic E-state index is -0.147. The number of hydrogen-bond donors (Lipinski definition) is 1. The molecule has 1 aromatic rings. The number of thiocarbonyl (C=S) groups is 1. The summed E-state index contributed by atoms with van der Waals surface area (Å²) >= 11 is 19.8. The van der Waals surface area contributed by atoms with Gasteiger partial charge < -0.3 is 5.32 Å². The first kappa shape index (κ1) is 17.9. The zero-order chi connectivity index (χ0) is 16.1. The lowest BCUT2D eigenvalue weighted by atomic mass is 10.4. The second kappa shape index (κ2) is 8.40. The molecule has 1 saturated heterocycles. The van der Waals surface area contributed by atoms with Crippen molar-refractivity contribution in [2.24, 2.45) is 0 Å². The third kappa shape index (κ3) is 4.76. The number of carbonyl (C=O) groups excluding carboxylic acids is 2. The average molecular weight is 395 g/mol. The van der Waals surface area contributed by atoms with E-state index in [2.05, 4.69) is 5.32 Å². The third-order valence-electron chi connectivity index (χ3n) is 2.76. The Morgan fingerprint density at radius 3 is 2.68 bits per heavy atom. The SMILES string of the molecule is O=C(CSc1c(Cl)cccc1Cl)NCCN1C(=O)CSC1=S. The van der Waals surface area contributed by atoms with E-state index in [1.165, 1.54) is 28.4 Å². The zero-order valence-corrected chi connectivity index (χ0v) is 15.3. The van der Waals surface area contributed by atoms with E-state index in [1.54, 1.807) is 18.2 Å². The lowest BCUT2D eigenvalue weighted by Gasteiger charge is -2.15. The Hall–Kier alpha value is -0.470. The van der Waals surface area contributed by atoms with Crippen molar-refractivity contribution < 1.29 is 9.59 Å². The van der Waals surface area contributed by atoms with E-state index in [-0.39, 0.29) is 17.6 Å². The first-order valence-electron chi connectivity index (χ1n) is 6.29. The molecule has 0 radical (unpaired) electrons. The number of amides is 2. The van der Waals surface area contributed by atoms with Crippen LogP contribution in [0.15, 0.2) is 23.1 Å². The highest BCUT2D eigenvalue weighted by atomic mass is 35.5. The fraction of sp³-hybridized carbons (Fsp3) is 0.308. The molecule has 118 valence electrons. The van der Waals surface area contributed by atoms with E-state index < -0.39 is 0 Å². The van der Waals surface area contributed by atoms with Crippen molar-refractivity contribution in [2.45, 2.75) is 4.90 Å². The second-order valence-corrected chi connectivity index (χ2v) is 7.70. The van der Waals surface area contributed by atoms with Gasteiger partial charge in [0.15, 0.2) is 0 Å². The zero-order valence-electron chi connectivity index (χ0n) is 11.3. The molecule has 0 aromatic heterocycles. The first-order chi connectivity index (χ1) is 10.5. The Balaban J connectivity index is 1.74. The Bertz CT molecular complexity index is 577. The normalized spacial score (nSPS) is 14.5. The highest BCUT2D eigenvalue weighted by molar-refractivity contribution is 8.23. The van der Waals surface area contributed by atoms with Crippen LogP contribution in [-0.2, 0) is 9.59 Å². The predicted molar refractivity (Wildman–Crippen MR) is 97.0 cm³/mol. The minimum Gasteiger partial charge on any atom is -0.354 e. The van der Waals surface area contributed by atoms with Crippen LogP contribution >= 0.6 is 58.9 Å². The molecule has 1 fully saturated rings. The molecule has 1 N–H and O–H groups in total. The van der Waals surface area contributed by atoms with Gasteiger partial charge in [0.2, 0.25) is 11.8 Å². The molecule has 0 aliphatic carbocycles. The molecule has 1 heterocycles. The molecule has 22 heavy (non-hydrogen) atoms. The molecule has 4 nitrogen and oxygen atoms in total. The summed E-state index contributed by atoms with van der Waals surface area (Å²) in [5.41, 5.74) is 0. The van der Waals surface area contributed by atoms with Crippen LogP contribution in [0.25, 0.3) is 0 Å². The molecular formula is C13H12Cl2N2O2S3. The van der Waals surface area contributed by atoms with Gasteiger partial charge in [0.1, 0.15) is 4.32 Å². The van der Waals surface area contributed by atoms with E-state index >= 15 is 0 Å². The lowest BCUT2D eigenvalue weighted by molar-refractivity contribution is -0.124. The highest BCUT2D eigenvalue weighted by Crippen LogP contribution is 2.33. The van der Waals surface area contributed by atoms with Gasteiger partial charge in [-0.3, -0.25) is 14.5 Å². The van der Waals surface area contributed by atoms with Crippen molar-refractivity contribution in [2.75, 3.05) is 24.6 Å². The van der Waals surface area contributed by atoms with Crippen molar-refractivity contribution in [3.63, 3.8) is 0 Å². The summed E-state index contributed by atoms with van der Waals surface area (Å²) in [6.07, 6.45) is 0. The van der Waals surface area contributed by atoms with Crippen molar-refractivity contribution in [3.8, 4) is 0 Å². The minimum absolute atomic E-state index is 0.0125. The van der Waals surface area contributed by atoms with Crippen LogP contribution < -0.4 is 5.32 Å². The smallest absolute Gasteiger partial charge is 0.238 e. The van der Waals surface area contributed by atoms with Crippen molar-refractivity contribution in [1.82, 2.24) is 10.2 Å². The van der Waals surface area contributed by atoms with Crippen molar-refractivity contribution >= 4 is 75.1 Å². The third-order valence-corrected chi connectivity index (χ3v) is 6.19. The van der Waals surface area contributed by atoms with Gasteiger partial charge in [-0.25, -0.2) is 0 Å². The number of hydrogen-bond acceptors (Lipinski definition) is 5. The van der Waals surface area contributed by atoms with Crippen LogP contribution in [0.2, 0.25) is 10.0 Å². The topological polar surface area (TPSA) is 49.4 Å². The van der Waals surface area contributed by atoms with Gasteiger partial charge in [0.25, 0.3) is 0 Å². The van der Waals surface area contributed by atoms with Gasteiger partial charge in [-0.05, 0) is 12.1 Å². The monoisotopic (exact) mass is 394 g/mol. The summed E-state index contributed by atoms with van der Waals surface area (Å²) < 4.78 is 0.566. The number of halogens is 2. The molecule has 0 saturated carbocycles. The van der Waals surface area contributed by atoms with Crippen LogP contribution in [0, 0.1) is 0 Å². The molecule has 0 unspecified atom stereocenters. The number of rotatable bonds is 6. The van der Waals surface area contributed by atoms with Crippen LogP contribution in [-0.4, -0.2) is 45.6 Å². The van der Waals surface area contributed by atoms with E-state index in [1.807, 2.05) is 0 Å². The fourth-order valence-corrected chi connectivity index (χ4v) is 4.35. The molecule has 2 amide bonds. The number of carbonyl (C=O) groups is 2. The Kier molecular flexibility index (Phi) is 6.83. The van der Waals surface area contributed by atoms with Gasteiger partial charge in [0, 0.05) is 18.0 Å². The molecule has 0 atom stereocenters. The molecule has 0 spiro atoms. The number of nitrogens with one attached hydrogen (secondary N) is 1. The number of thioether (sulfide) groups is 2. The summed E-state index contributed by atoms with van der Waals surface area (Å²) in [6, 6.07) is 5.21. The first-order valence-corrected chi connectivity index (χ1v) is 9.43. The highest BCUT2D eigenvalue weighted by Gasteiger charge is 2.25. The molecule has 0 bridgehead atoms. The lowest BCUT2D eigenvalue weighted by Crippen LogP contribution is -2.37. The maximum atomic E-state index is 11.8. The summed E-state index contributed by atoms with van der Waals surface area (Å²) in [4.78, 5) is 25.5. The fourth-order valence-electron chi connectivity index (χ4n) is 1.71. The summed E-state index contributed by atoms with van der Waals surface area (Å²) in [6.45, 7) is 0.760. The van der Waals surface area contributed by atoms with Gasteiger partial charge >= 0.3 is 0 Å².